The Morgan fingerprint density at radius 1 is 1.27 bits per heavy atom. The molecular formula is C16H20Cl2N4O3S. The standard InChI is InChI=1S/C16H19ClN4O2S.ClHO/c1-11(2)23-13-3-5-18-16(19-13)21-8-6-20(7-9-21)15(22)14-12(17)4-10-24-14;1-2/h3-5,10-11H,6-9H2,1-2H3;2H. The fraction of sp³-hybridized carbons (Fsp3) is 0.438. The van der Waals surface area contributed by atoms with Gasteiger partial charge < -0.3 is 14.5 Å². The van der Waals surface area contributed by atoms with Crippen molar-refractivity contribution in [2.75, 3.05) is 31.1 Å². The minimum absolute atomic E-state index is 0.00698. The Hall–Kier alpha value is -1.61. The predicted octanol–water partition coefficient (Wildman–Crippen LogP) is 3.07. The van der Waals surface area contributed by atoms with E-state index in [2.05, 4.69) is 26.7 Å². The molecule has 2 aromatic rings. The van der Waals surface area contributed by atoms with Gasteiger partial charge in [0.25, 0.3) is 5.91 Å². The number of anilines is 1. The summed E-state index contributed by atoms with van der Waals surface area (Å²) in [5.74, 6) is 1.20. The number of ether oxygens (including phenoxy) is 1. The molecule has 0 atom stereocenters. The second-order valence-corrected chi connectivity index (χ2v) is 7.06. The number of amides is 1. The maximum absolute atomic E-state index is 12.5. The highest BCUT2D eigenvalue weighted by Crippen LogP contribution is 2.24. The zero-order chi connectivity index (χ0) is 19.1. The van der Waals surface area contributed by atoms with Crippen LogP contribution in [-0.2, 0) is 0 Å². The molecule has 26 heavy (non-hydrogen) atoms. The third-order valence-corrected chi connectivity index (χ3v) is 4.96. The van der Waals surface area contributed by atoms with E-state index in [0.717, 1.165) is 0 Å². The van der Waals surface area contributed by atoms with Crippen LogP contribution < -0.4 is 9.64 Å². The van der Waals surface area contributed by atoms with Gasteiger partial charge in [-0.25, -0.2) is 4.98 Å². The van der Waals surface area contributed by atoms with Crippen LogP contribution in [-0.4, -0.2) is 57.7 Å². The van der Waals surface area contributed by atoms with Crippen molar-refractivity contribution in [2.24, 2.45) is 0 Å². The van der Waals surface area contributed by atoms with Gasteiger partial charge in [0.15, 0.2) is 0 Å². The third kappa shape index (κ3) is 5.20. The number of piperazine rings is 1. The second-order valence-electron chi connectivity index (χ2n) is 5.74. The van der Waals surface area contributed by atoms with Crippen LogP contribution in [0.1, 0.15) is 23.5 Å². The maximum atomic E-state index is 12.5. The topological polar surface area (TPSA) is 78.8 Å². The number of carbonyl (C=O) groups excluding carboxylic acids is 1. The number of hydrogen-bond donors (Lipinski definition) is 1. The van der Waals surface area contributed by atoms with Crippen LogP contribution in [0.15, 0.2) is 23.7 Å². The summed E-state index contributed by atoms with van der Waals surface area (Å²) >= 11 is 11.1. The Morgan fingerprint density at radius 2 is 1.96 bits per heavy atom. The first kappa shape index (κ1) is 20.7. The lowest BCUT2D eigenvalue weighted by atomic mass is 10.3. The number of nitrogens with zero attached hydrogens (tertiary/aromatic N) is 4. The van der Waals surface area contributed by atoms with Crippen LogP contribution in [0, 0.1) is 0 Å². The van der Waals surface area contributed by atoms with Gasteiger partial charge >= 0.3 is 0 Å². The molecule has 0 radical (unpaired) electrons. The first-order valence-corrected chi connectivity index (χ1v) is 9.58. The number of carbonyl (C=O) groups is 1. The molecule has 3 rings (SSSR count). The predicted molar refractivity (Wildman–Crippen MR) is 103 cm³/mol. The Morgan fingerprint density at radius 3 is 2.54 bits per heavy atom. The molecule has 1 aliphatic rings. The Kier molecular flexibility index (Phi) is 7.89. The lowest BCUT2D eigenvalue weighted by molar-refractivity contribution is 0.0751. The molecule has 0 unspecified atom stereocenters. The highest BCUT2D eigenvalue weighted by Gasteiger charge is 2.25. The van der Waals surface area contributed by atoms with Crippen molar-refractivity contribution in [1.82, 2.24) is 14.9 Å². The molecule has 1 saturated heterocycles. The van der Waals surface area contributed by atoms with Crippen LogP contribution >= 0.6 is 34.8 Å². The van der Waals surface area contributed by atoms with Gasteiger partial charge in [0.2, 0.25) is 11.8 Å². The van der Waals surface area contributed by atoms with E-state index in [1.165, 1.54) is 11.3 Å². The Labute approximate surface area is 166 Å². The largest absolute Gasteiger partial charge is 0.475 e. The van der Waals surface area contributed by atoms with Gasteiger partial charge in [-0.3, -0.25) is 9.45 Å². The number of halogens is 2. The molecule has 0 bridgehead atoms. The number of thiophene rings is 1. The summed E-state index contributed by atoms with van der Waals surface area (Å²) in [6, 6.07) is 3.51. The van der Waals surface area contributed by atoms with E-state index in [0.29, 0.717) is 47.9 Å². The monoisotopic (exact) mass is 418 g/mol. The summed E-state index contributed by atoms with van der Waals surface area (Å²) in [7, 11) is 0. The average Bonchev–Trinajstić information content (AvgIpc) is 3.08. The third-order valence-electron chi connectivity index (χ3n) is 3.63. The lowest BCUT2D eigenvalue weighted by Gasteiger charge is -2.34. The fourth-order valence-electron chi connectivity index (χ4n) is 2.49. The van der Waals surface area contributed by atoms with Crippen LogP contribution in [0.2, 0.25) is 5.02 Å². The Balaban J connectivity index is 0.00000117. The molecule has 0 saturated carbocycles. The normalized spacial score (nSPS) is 14.1. The first-order chi connectivity index (χ1) is 12.5. The molecule has 0 spiro atoms. The molecule has 1 amide bonds. The van der Waals surface area contributed by atoms with Crippen molar-refractivity contribution in [3.05, 3.63) is 33.6 Å². The maximum Gasteiger partial charge on any atom is 0.265 e. The molecule has 1 aliphatic heterocycles. The Bertz CT molecular complexity index is 721. The van der Waals surface area contributed by atoms with E-state index in [9.17, 15) is 4.79 Å². The van der Waals surface area contributed by atoms with Gasteiger partial charge in [-0.1, -0.05) is 11.6 Å². The number of rotatable bonds is 4. The average molecular weight is 419 g/mol. The highest BCUT2D eigenvalue weighted by molar-refractivity contribution is 7.12. The van der Waals surface area contributed by atoms with Gasteiger partial charge in [0.05, 0.1) is 23.0 Å². The van der Waals surface area contributed by atoms with Gasteiger partial charge in [-0.2, -0.15) is 4.98 Å². The molecule has 2 aromatic heterocycles. The van der Waals surface area contributed by atoms with Crippen LogP contribution in [0.5, 0.6) is 5.88 Å². The molecule has 1 N–H and O–H groups in total. The zero-order valence-electron chi connectivity index (χ0n) is 14.4. The zero-order valence-corrected chi connectivity index (χ0v) is 16.8. The summed E-state index contributed by atoms with van der Waals surface area (Å²) in [5.41, 5.74) is 0. The first-order valence-electron chi connectivity index (χ1n) is 7.98. The van der Waals surface area contributed by atoms with Crippen molar-refractivity contribution in [3.63, 3.8) is 0 Å². The van der Waals surface area contributed by atoms with E-state index in [4.69, 9.17) is 21.0 Å². The molecule has 0 aromatic carbocycles. The molecular weight excluding hydrogens is 399 g/mol. The smallest absolute Gasteiger partial charge is 0.265 e. The molecule has 10 heteroatoms. The summed E-state index contributed by atoms with van der Waals surface area (Å²) in [6.45, 7) is 6.51. The van der Waals surface area contributed by atoms with E-state index in [1.807, 2.05) is 24.1 Å². The van der Waals surface area contributed by atoms with Crippen LogP contribution in [0.4, 0.5) is 5.95 Å². The van der Waals surface area contributed by atoms with Gasteiger partial charge in [-0.05, 0) is 25.3 Å². The van der Waals surface area contributed by atoms with Crippen LogP contribution in [0.25, 0.3) is 0 Å². The van der Waals surface area contributed by atoms with Gasteiger partial charge in [-0.15, -0.1) is 11.3 Å². The van der Waals surface area contributed by atoms with Crippen molar-refractivity contribution in [3.8, 4) is 5.88 Å². The second kappa shape index (κ2) is 9.91. The van der Waals surface area contributed by atoms with Gasteiger partial charge in [0, 0.05) is 38.4 Å². The molecule has 0 aliphatic carbocycles. The summed E-state index contributed by atoms with van der Waals surface area (Å²) in [4.78, 5) is 25.7. The van der Waals surface area contributed by atoms with Crippen molar-refractivity contribution >= 4 is 46.7 Å². The lowest BCUT2D eigenvalue weighted by Crippen LogP contribution is -2.49. The van der Waals surface area contributed by atoms with E-state index in [-0.39, 0.29) is 12.0 Å². The van der Waals surface area contributed by atoms with Crippen LogP contribution in [0.3, 0.4) is 0 Å². The van der Waals surface area contributed by atoms with Gasteiger partial charge in [0.1, 0.15) is 4.88 Å². The molecule has 1 fully saturated rings. The minimum Gasteiger partial charge on any atom is -0.475 e. The molecule has 142 valence electrons. The molecule has 3 heterocycles. The number of hydrogen-bond acceptors (Lipinski definition) is 7. The van der Waals surface area contributed by atoms with Crippen molar-refractivity contribution < 1.29 is 14.2 Å². The quantitative estimate of drug-likeness (QED) is 0.821. The SMILES string of the molecule is CC(C)Oc1ccnc(N2CCN(C(=O)c3sccc3Cl)CC2)n1.OCl. The summed E-state index contributed by atoms with van der Waals surface area (Å²) in [5, 5.41) is 2.36. The van der Waals surface area contributed by atoms with E-state index >= 15 is 0 Å². The number of aromatic nitrogens is 2. The van der Waals surface area contributed by atoms with E-state index in [1.54, 1.807) is 18.3 Å². The van der Waals surface area contributed by atoms with E-state index < -0.39 is 0 Å². The fourth-order valence-corrected chi connectivity index (χ4v) is 3.59. The highest BCUT2D eigenvalue weighted by atomic mass is 35.5. The van der Waals surface area contributed by atoms with Crippen molar-refractivity contribution in [1.29, 1.82) is 0 Å². The minimum atomic E-state index is -0.00698. The molecule has 7 nitrogen and oxygen atoms in total. The van der Waals surface area contributed by atoms with Crippen molar-refractivity contribution in [2.45, 2.75) is 20.0 Å². The summed E-state index contributed by atoms with van der Waals surface area (Å²) in [6.07, 6.45) is 1.76. The summed E-state index contributed by atoms with van der Waals surface area (Å²) < 4.78 is 12.1.